The topological polar surface area (TPSA) is 135 Å². The Labute approximate surface area is 187 Å². The van der Waals surface area contributed by atoms with Crippen molar-refractivity contribution in [2.75, 3.05) is 36.2 Å². The molecule has 3 aromatic rings. The van der Waals surface area contributed by atoms with E-state index in [-0.39, 0.29) is 34.0 Å². The van der Waals surface area contributed by atoms with Gasteiger partial charge in [-0.3, -0.25) is 24.7 Å². The average molecular weight is 453 g/mol. The van der Waals surface area contributed by atoms with Crippen molar-refractivity contribution in [3.8, 4) is 0 Å². The molecule has 0 aliphatic heterocycles. The van der Waals surface area contributed by atoms with E-state index in [4.69, 9.17) is 4.74 Å². The van der Waals surface area contributed by atoms with Gasteiger partial charge in [0, 0.05) is 31.5 Å². The minimum Gasteiger partial charge on any atom is -0.383 e. The first-order valence-electron chi connectivity index (χ1n) is 9.73. The number of nitrogens with one attached hydrogen (secondary N) is 3. The summed E-state index contributed by atoms with van der Waals surface area (Å²) in [6.45, 7) is 0.678. The van der Waals surface area contributed by atoms with Crippen LogP contribution in [0.15, 0.2) is 60.8 Å². The number of amides is 2. The molecule has 0 spiro atoms. The maximum Gasteiger partial charge on any atom is 0.293 e. The quantitative estimate of drug-likeness (QED) is 0.255. The number of nitro benzene ring substituents is 1. The molecule has 33 heavy (non-hydrogen) atoms. The lowest BCUT2D eigenvalue weighted by Gasteiger charge is -2.13. The summed E-state index contributed by atoms with van der Waals surface area (Å²) in [4.78, 5) is 39.9. The first-order chi connectivity index (χ1) is 15.9. The van der Waals surface area contributed by atoms with Gasteiger partial charge in [0.1, 0.15) is 17.2 Å². The third kappa shape index (κ3) is 6.08. The van der Waals surface area contributed by atoms with Crippen LogP contribution in [0.5, 0.6) is 0 Å². The summed E-state index contributed by atoms with van der Waals surface area (Å²) in [5.41, 5.74) is 0.142. The van der Waals surface area contributed by atoms with Crippen LogP contribution in [-0.2, 0) is 4.74 Å². The van der Waals surface area contributed by atoms with Gasteiger partial charge in [0.15, 0.2) is 0 Å². The number of hydrogen-bond acceptors (Lipinski definition) is 7. The number of methoxy groups -OCH3 is 1. The van der Waals surface area contributed by atoms with Crippen molar-refractivity contribution in [1.29, 1.82) is 0 Å². The minimum absolute atomic E-state index is 0.0192. The second-order valence-electron chi connectivity index (χ2n) is 6.72. The van der Waals surface area contributed by atoms with Crippen LogP contribution in [0.1, 0.15) is 20.8 Å². The lowest BCUT2D eigenvalue weighted by Crippen LogP contribution is -2.18. The Hall–Kier alpha value is -4.38. The zero-order chi connectivity index (χ0) is 23.8. The molecule has 2 amide bonds. The fraction of sp³-hybridized carbons (Fsp3) is 0.136. The summed E-state index contributed by atoms with van der Waals surface area (Å²) in [5.74, 6) is -1.93. The van der Waals surface area contributed by atoms with E-state index >= 15 is 0 Å². The van der Waals surface area contributed by atoms with Crippen LogP contribution in [0.4, 0.5) is 27.1 Å². The molecule has 1 heterocycles. The second-order valence-corrected chi connectivity index (χ2v) is 6.72. The second kappa shape index (κ2) is 10.8. The van der Waals surface area contributed by atoms with Gasteiger partial charge in [-0.25, -0.2) is 4.39 Å². The zero-order valence-electron chi connectivity index (χ0n) is 17.5. The summed E-state index contributed by atoms with van der Waals surface area (Å²) in [7, 11) is 1.50. The van der Waals surface area contributed by atoms with Crippen LogP contribution in [0.3, 0.4) is 0 Å². The number of ether oxygens (including phenoxy) is 1. The van der Waals surface area contributed by atoms with E-state index < -0.39 is 22.6 Å². The Morgan fingerprint density at radius 2 is 1.79 bits per heavy atom. The fourth-order valence-electron chi connectivity index (χ4n) is 2.87. The van der Waals surface area contributed by atoms with E-state index in [1.807, 2.05) is 0 Å². The third-order valence-electron chi connectivity index (χ3n) is 4.45. The molecular formula is C22H20FN5O5. The molecule has 3 N–H and O–H groups in total. The van der Waals surface area contributed by atoms with Gasteiger partial charge in [0.2, 0.25) is 0 Å². The van der Waals surface area contributed by atoms with Crippen molar-refractivity contribution < 1.29 is 23.6 Å². The Kier molecular flexibility index (Phi) is 7.60. The molecule has 0 saturated carbocycles. The largest absolute Gasteiger partial charge is 0.383 e. The Bertz CT molecular complexity index is 1170. The number of nitro groups is 1. The predicted molar refractivity (Wildman–Crippen MR) is 120 cm³/mol. The number of halogens is 1. The van der Waals surface area contributed by atoms with Gasteiger partial charge in [0.25, 0.3) is 17.5 Å². The lowest BCUT2D eigenvalue weighted by molar-refractivity contribution is -0.384. The molecule has 0 aliphatic carbocycles. The van der Waals surface area contributed by atoms with Crippen LogP contribution >= 0.6 is 0 Å². The van der Waals surface area contributed by atoms with Crippen molar-refractivity contribution in [3.05, 3.63) is 88.0 Å². The Morgan fingerprint density at radius 3 is 2.48 bits per heavy atom. The smallest absolute Gasteiger partial charge is 0.293 e. The summed E-state index contributed by atoms with van der Waals surface area (Å²) in [6, 6.07) is 12.1. The van der Waals surface area contributed by atoms with Gasteiger partial charge in [-0.2, -0.15) is 0 Å². The maximum atomic E-state index is 13.8. The molecule has 0 radical (unpaired) electrons. The van der Waals surface area contributed by atoms with Crippen LogP contribution in [0, 0.1) is 15.9 Å². The molecule has 0 bridgehead atoms. The highest BCUT2D eigenvalue weighted by Crippen LogP contribution is 2.28. The molecule has 10 nitrogen and oxygen atoms in total. The Balaban J connectivity index is 1.82. The molecule has 0 fully saturated rings. The summed E-state index contributed by atoms with van der Waals surface area (Å²) in [6.07, 6.45) is 1.45. The summed E-state index contributed by atoms with van der Waals surface area (Å²) in [5, 5.41) is 19.4. The molecule has 0 unspecified atom stereocenters. The van der Waals surface area contributed by atoms with Crippen LogP contribution in [0.25, 0.3) is 0 Å². The first-order valence-corrected chi connectivity index (χ1v) is 9.73. The van der Waals surface area contributed by atoms with Crippen LogP contribution < -0.4 is 16.0 Å². The number of hydrogen-bond donors (Lipinski definition) is 3. The van der Waals surface area contributed by atoms with E-state index in [9.17, 15) is 24.1 Å². The average Bonchev–Trinajstić information content (AvgIpc) is 2.81. The third-order valence-corrected chi connectivity index (χ3v) is 4.45. The van der Waals surface area contributed by atoms with Crippen molar-refractivity contribution in [3.63, 3.8) is 0 Å². The molecule has 170 valence electrons. The minimum atomic E-state index is -0.722. The predicted octanol–water partition coefficient (Wildman–Crippen LogP) is 3.69. The number of anilines is 3. The highest BCUT2D eigenvalue weighted by Gasteiger charge is 2.19. The van der Waals surface area contributed by atoms with Crippen molar-refractivity contribution >= 4 is 34.6 Å². The number of benzene rings is 2. The van der Waals surface area contributed by atoms with Gasteiger partial charge in [0.05, 0.1) is 22.9 Å². The number of rotatable bonds is 9. The summed E-state index contributed by atoms with van der Waals surface area (Å²) < 4.78 is 18.8. The number of carbonyl (C=O) groups is 2. The number of aromatic nitrogens is 1. The highest BCUT2D eigenvalue weighted by molar-refractivity contribution is 6.09. The molecule has 2 aromatic carbocycles. The van der Waals surface area contributed by atoms with Gasteiger partial charge in [-0.1, -0.05) is 6.07 Å². The number of nitrogens with zero attached hydrogens (tertiary/aromatic N) is 2. The first kappa shape index (κ1) is 23.3. The van der Waals surface area contributed by atoms with Gasteiger partial charge >= 0.3 is 0 Å². The highest BCUT2D eigenvalue weighted by atomic mass is 19.1. The van der Waals surface area contributed by atoms with E-state index in [0.29, 0.717) is 13.2 Å². The van der Waals surface area contributed by atoms with Gasteiger partial charge < -0.3 is 20.7 Å². The van der Waals surface area contributed by atoms with E-state index in [0.717, 1.165) is 18.2 Å². The van der Waals surface area contributed by atoms with Crippen LogP contribution in [0.2, 0.25) is 0 Å². The molecule has 1 aromatic heterocycles. The molecule has 3 rings (SSSR count). The van der Waals surface area contributed by atoms with Crippen LogP contribution in [-0.4, -0.2) is 42.0 Å². The van der Waals surface area contributed by atoms with Gasteiger partial charge in [-0.15, -0.1) is 0 Å². The molecule has 11 heteroatoms. The standard InChI is InChI=1S/C22H20FN5O5/c1-33-11-10-25-17-7-5-14(12-20(17)28(31)32)21(29)27-19-13-15(23)6-8-16(19)26-22(30)18-4-2-3-9-24-18/h2-9,12-13,25H,10-11H2,1H3,(H,26,30)(H,27,29). The molecule has 0 saturated heterocycles. The molecular weight excluding hydrogens is 433 g/mol. The van der Waals surface area contributed by atoms with E-state index in [2.05, 4.69) is 20.9 Å². The summed E-state index contributed by atoms with van der Waals surface area (Å²) >= 11 is 0. The molecule has 0 atom stereocenters. The fourth-order valence-corrected chi connectivity index (χ4v) is 2.87. The zero-order valence-corrected chi connectivity index (χ0v) is 17.5. The van der Waals surface area contributed by atoms with E-state index in [1.165, 1.54) is 37.6 Å². The monoisotopic (exact) mass is 453 g/mol. The maximum absolute atomic E-state index is 13.8. The normalized spacial score (nSPS) is 10.4. The van der Waals surface area contributed by atoms with Gasteiger partial charge in [-0.05, 0) is 42.5 Å². The van der Waals surface area contributed by atoms with E-state index in [1.54, 1.807) is 12.1 Å². The number of pyridine rings is 1. The SMILES string of the molecule is COCCNc1ccc(C(=O)Nc2cc(F)ccc2NC(=O)c2ccccn2)cc1[N+](=O)[O-]. The van der Waals surface area contributed by atoms with Crippen molar-refractivity contribution in [2.24, 2.45) is 0 Å². The molecule has 0 aliphatic rings. The number of carbonyl (C=O) groups excluding carboxylic acids is 2. The van der Waals surface area contributed by atoms with Crippen molar-refractivity contribution in [2.45, 2.75) is 0 Å². The van der Waals surface area contributed by atoms with Crippen molar-refractivity contribution in [1.82, 2.24) is 4.98 Å². The lowest BCUT2D eigenvalue weighted by atomic mass is 10.1. The Morgan fingerprint density at radius 1 is 1.03 bits per heavy atom.